The second-order valence-corrected chi connectivity index (χ2v) is 11.6. The van der Waals surface area contributed by atoms with Crippen molar-refractivity contribution in [1.29, 1.82) is 0 Å². The van der Waals surface area contributed by atoms with Gasteiger partial charge in [0, 0.05) is 39.7 Å². The van der Waals surface area contributed by atoms with Gasteiger partial charge < -0.3 is 15.0 Å². The molecule has 0 spiro atoms. The van der Waals surface area contributed by atoms with E-state index in [1.165, 1.54) is 0 Å². The van der Waals surface area contributed by atoms with Gasteiger partial charge in [-0.1, -0.05) is 89.9 Å². The number of likely N-dealkylation sites (N-methyl/N-ethyl adjacent to an activating group) is 1. The van der Waals surface area contributed by atoms with Crippen LogP contribution in [-0.4, -0.2) is 54.9 Å². The van der Waals surface area contributed by atoms with Crippen molar-refractivity contribution in [2.45, 2.75) is 56.8 Å². The van der Waals surface area contributed by atoms with E-state index in [0.29, 0.717) is 42.4 Å². The van der Waals surface area contributed by atoms with Gasteiger partial charge in [-0.3, -0.25) is 14.5 Å². The Hall–Kier alpha value is -2.90. The number of amides is 2. The molecule has 0 saturated carbocycles. The summed E-state index contributed by atoms with van der Waals surface area (Å²) in [6.45, 7) is 2.92. The van der Waals surface area contributed by atoms with Gasteiger partial charge in [0.15, 0.2) is 6.23 Å². The molecule has 1 aliphatic rings. The van der Waals surface area contributed by atoms with Crippen molar-refractivity contribution in [2.75, 3.05) is 27.2 Å². The highest BCUT2D eigenvalue weighted by Crippen LogP contribution is 2.35. The van der Waals surface area contributed by atoms with E-state index < -0.39 is 11.8 Å². The zero-order chi connectivity index (χ0) is 29.4. The molecule has 2 amide bonds. The lowest BCUT2D eigenvalue weighted by Crippen LogP contribution is -2.57. The number of ether oxygens (including phenoxy) is 1. The normalized spacial score (nSPS) is 16.5. The fourth-order valence-electron chi connectivity index (χ4n) is 5.94. The number of piperidine rings is 1. The highest BCUT2D eigenvalue weighted by molar-refractivity contribution is 6.42. The smallest absolute Gasteiger partial charge is 0.241 e. The number of nitrogens with one attached hydrogen (secondary N) is 1. The van der Waals surface area contributed by atoms with Crippen LogP contribution < -0.4 is 5.32 Å². The summed E-state index contributed by atoms with van der Waals surface area (Å²) in [6.07, 6.45) is 3.19. The molecule has 1 saturated heterocycles. The predicted molar refractivity (Wildman–Crippen MR) is 165 cm³/mol. The number of rotatable bonds is 11. The lowest BCUT2D eigenvalue weighted by atomic mass is 9.80. The van der Waals surface area contributed by atoms with Crippen molar-refractivity contribution in [3.8, 4) is 0 Å². The molecule has 218 valence electrons. The Bertz CT molecular complexity index is 1300. The van der Waals surface area contributed by atoms with Crippen molar-refractivity contribution in [3.05, 3.63) is 106 Å². The molecule has 0 aromatic heterocycles. The highest BCUT2D eigenvalue weighted by Gasteiger charge is 2.41. The number of nitrogens with zero attached hydrogens (tertiary/aromatic N) is 2. The summed E-state index contributed by atoms with van der Waals surface area (Å²) in [6, 6.07) is 25.3. The van der Waals surface area contributed by atoms with Gasteiger partial charge in [0.25, 0.3) is 0 Å². The van der Waals surface area contributed by atoms with E-state index in [9.17, 15) is 9.59 Å². The van der Waals surface area contributed by atoms with Gasteiger partial charge in [-0.2, -0.15) is 0 Å². The predicted octanol–water partition coefficient (Wildman–Crippen LogP) is 6.62. The average molecular weight is 597 g/mol. The second kappa shape index (κ2) is 14.3. The van der Waals surface area contributed by atoms with Crippen LogP contribution in [0, 0.1) is 0 Å². The Morgan fingerprint density at radius 1 is 0.976 bits per heavy atom. The third-order valence-electron chi connectivity index (χ3n) is 8.05. The molecule has 0 radical (unpaired) electrons. The maximum Gasteiger partial charge on any atom is 0.241 e. The summed E-state index contributed by atoms with van der Waals surface area (Å²) in [7, 11) is 3.44. The van der Waals surface area contributed by atoms with E-state index in [4.69, 9.17) is 27.9 Å². The molecule has 1 aliphatic heterocycles. The summed E-state index contributed by atoms with van der Waals surface area (Å²) >= 11 is 12.4. The van der Waals surface area contributed by atoms with E-state index in [0.717, 1.165) is 29.5 Å². The molecule has 0 aliphatic carbocycles. The first-order chi connectivity index (χ1) is 19.7. The summed E-state index contributed by atoms with van der Waals surface area (Å²) < 4.78 is 5.80. The Morgan fingerprint density at radius 3 is 2.20 bits per heavy atom. The standard InChI is InChI=1S/C33H39Cl2N3O3/c1-24(39)36-33(27-14-8-5-9-15-27)19-21-38(22-20-33)30(16-10-11-25-17-18-28(34)29(35)23-25)31(40)37(2)32(41-3)26-12-6-4-7-13-26/h4-9,12-15,17-18,23,30,32H,10-11,16,19-22H2,1-3H3,(H,36,39). The molecule has 8 heteroatoms. The summed E-state index contributed by atoms with van der Waals surface area (Å²) in [4.78, 5) is 30.4. The Balaban J connectivity index is 1.54. The minimum Gasteiger partial charge on any atom is -0.357 e. The number of carbonyl (C=O) groups is 2. The van der Waals surface area contributed by atoms with Gasteiger partial charge in [-0.05, 0) is 55.4 Å². The average Bonchev–Trinajstić information content (AvgIpc) is 2.98. The van der Waals surface area contributed by atoms with Gasteiger partial charge in [0.05, 0.1) is 21.6 Å². The summed E-state index contributed by atoms with van der Waals surface area (Å²) in [5, 5.41) is 4.31. The number of likely N-dealkylation sites (tertiary alicyclic amines) is 1. The molecule has 1 heterocycles. The van der Waals surface area contributed by atoms with Crippen LogP contribution in [0.3, 0.4) is 0 Å². The molecule has 3 aromatic rings. The Morgan fingerprint density at radius 2 is 1.61 bits per heavy atom. The van der Waals surface area contributed by atoms with E-state index >= 15 is 0 Å². The molecule has 3 aromatic carbocycles. The largest absolute Gasteiger partial charge is 0.357 e. The van der Waals surface area contributed by atoms with E-state index in [2.05, 4.69) is 22.3 Å². The maximum absolute atomic E-state index is 14.2. The quantitative estimate of drug-likeness (QED) is 0.253. The lowest BCUT2D eigenvalue weighted by molar-refractivity contribution is -0.149. The Labute approximate surface area is 253 Å². The van der Waals surface area contributed by atoms with Crippen molar-refractivity contribution in [3.63, 3.8) is 0 Å². The van der Waals surface area contributed by atoms with Crippen molar-refractivity contribution >= 4 is 35.0 Å². The van der Waals surface area contributed by atoms with Crippen LogP contribution in [0.15, 0.2) is 78.9 Å². The molecule has 2 atom stereocenters. The van der Waals surface area contributed by atoms with Crippen molar-refractivity contribution in [2.24, 2.45) is 0 Å². The van der Waals surface area contributed by atoms with Crippen LogP contribution in [0.4, 0.5) is 0 Å². The van der Waals surface area contributed by atoms with Crippen LogP contribution >= 0.6 is 23.2 Å². The van der Waals surface area contributed by atoms with Crippen LogP contribution in [0.25, 0.3) is 0 Å². The summed E-state index contributed by atoms with van der Waals surface area (Å²) in [5.41, 5.74) is 2.65. The molecule has 1 N–H and O–H groups in total. The fourth-order valence-corrected chi connectivity index (χ4v) is 6.26. The zero-order valence-electron chi connectivity index (χ0n) is 24.0. The molecular formula is C33H39Cl2N3O3. The zero-order valence-corrected chi connectivity index (χ0v) is 25.5. The maximum atomic E-state index is 14.2. The SMILES string of the molecule is COC(c1ccccc1)N(C)C(=O)C(CCCc1ccc(Cl)c(Cl)c1)N1CCC(NC(C)=O)(c2ccccc2)CC1. The van der Waals surface area contributed by atoms with Gasteiger partial charge in [-0.15, -0.1) is 0 Å². The number of halogens is 2. The number of aryl methyl sites for hydroxylation is 1. The molecular weight excluding hydrogens is 557 g/mol. The highest BCUT2D eigenvalue weighted by atomic mass is 35.5. The third kappa shape index (κ3) is 7.69. The van der Waals surface area contributed by atoms with Crippen LogP contribution in [0.5, 0.6) is 0 Å². The molecule has 6 nitrogen and oxygen atoms in total. The Kier molecular flexibility index (Phi) is 10.8. The number of benzene rings is 3. The van der Waals surface area contributed by atoms with E-state index in [1.54, 1.807) is 18.9 Å². The van der Waals surface area contributed by atoms with E-state index in [1.807, 2.05) is 73.8 Å². The number of methoxy groups -OCH3 is 1. The topological polar surface area (TPSA) is 61.9 Å². The number of hydrogen-bond donors (Lipinski definition) is 1. The summed E-state index contributed by atoms with van der Waals surface area (Å²) in [5.74, 6) is -0.0383. The fraction of sp³-hybridized carbons (Fsp3) is 0.394. The van der Waals surface area contributed by atoms with Crippen LogP contribution in [-0.2, 0) is 26.3 Å². The van der Waals surface area contributed by atoms with Gasteiger partial charge in [0.2, 0.25) is 11.8 Å². The first-order valence-corrected chi connectivity index (χ1v) is 14.9. The second-order valence-electron chi connectivity index (χ2n) is 10.8. The molecule has 4 rings (SSSR count). The van der Waals surface area contributed by atoms with Gasteiger partial charge >= 0.3 is 0 Å². The van der Waals surface area contributed by atoms with E-state index in [-0.39, 0.29) is 17.9 Å². The first kappa shape index (κ1) is 31.0. The molecule has 0 bridgehead atoms. The van der Waals surface area contributed by atoms with Gasteiger partial charge in [-0.25, -0.2) is 0 Å². The monoisotopic (exact) mass is 595 g/mol. The first-order valence-electron chi connectivity index (χ1n) is 14.1. The molecule has 1 fully saturated rings. The van der Waals surface area contributed by atoms with Crippen molar-refractivity contribution < 1.29 is 14.3 Å². The molecule has 41 heavy (non-hydrogen) atoms. The van der Waals surface area contributed by atoms with Crippen LogP contribution in [0.2, 0.25) is 10.0 Å². The molecule has 2 unspecified atom stereocenters. The minimum atomic E-state index is -0.492. The third-order valence-corrected chi connectivity index (χ3v) is 8.79. The number of hydrogen-bond acceptors (Lipinski definition) is 4. The van der Waals surface area contributed by atoms with Gasteiger partial charge in [0.1, 0.15) is 0 Å². The van der Waals surface area contributed by atoms with Crippen LogP contribution in [0.1, 0.15) is 55.5 Å². The van der Waals surface area contributed by atoms with Crippen molar-refractivity contribution in [1.82, 2.24) is 15.1 Å². The number of carbonyl (C=O) groups excluding carboxylic acids is 2. The lowest BCUT2D eigenvalue weighted by Gasteiger charge is -2.45. The minimum absolute atomic E-state index is 0.0154.